The third-order valence-electron chi connectivity index (χ3n) is 2.20. The molecule has 0 radical (unpaired) electrons. The summed E-state index contributed by atoms with van der Waals surface area (Å²) in [7, 11) is -3.54. The summed E-state index contributed by atoms with van der Waals surface area (Å²) in [4.78, 5) is 22.3. The smallest absolute Gasteiger partial charge is 0.326 e. The number of nitrogens with two attached hydrogens (primary N) is 1. The van der Waals surface area contributed by atoms with E-state index in [1.54, 1.807) is 0 Å². The van der Waals surface area contributed by atoms with Crippen LogP contribution in [0.2, 0.25) is 0 Å². The monoisotopic (exact) mass is 295 g/mol. The lowest BCUT2D eigenvalue weighted by atomic mass is 10.0. The van der Waals surface area contributed by atoms with E-state index in [0.717, 1.165) is 0 Å². The lowest BCUT2D eigenvalue weighted by Gasteiger charge is -2.16. The number of aliphatic carboxylic acids is 1. The van der Waals surface area contributed by atoms with Crippen molar-refractivity contribution in [1.29, 1.82) is 0 Å². The third-order valence-corrected chi connectivity index (χ3v) is 3.06. The number of hydrogen-bond acceptors (Lipinski definition) is 4. The summed E-state index contributed by atoms with van der Waals surface area (Å²) in [6.45, 7) is 3.81. The van der Waals surface area contributed by atoms with Crippen LogP contribution < -0.4 is 15.8 Å². The van der Waals surface area contributed by atoms with Gasteiger partial charge in [0.2, 0.25) is 10.0 Å². The lowest BCUT2D eigenvalue weighted by molar-refractivity contribution is -0.139. The molecular formula is C10H21N3O5S. The van der Waals surface area contributed by atoms with E-state index in [1.807, 2.05) is 13.8 Å². The standard InChI is InChI=1S/C10H21N3O5S/c1-7(2)6-8(9(14)15)13-10(16)12-4-3-5-19(11,17)18/h7-8H,3-6H2,1-2H3,(H,14,15)(H2,11,17,18)(H2,12,13,16)/t8-/m1/s1. The molecule has 0 aliphatic heterocycles. The zero-order valence-corrected chi connectivity index (χ0v) is 11.9. The molecule has 0 aromatic heterocycles. The predicted octanol–water partition coefficient (Wildman–Crippen LogP) is -0.536. The average molecular weight is 295 g/mol. The number of nitrogens with one attached hydrogen (secondary N) is 2. The summed E-state index contributed by atoms with van der Waals surface area (Å²) < 4.78 is 21.3. The molecule has 0 rings (SSSR count). The Kier molecular flexibility index (Phi) is 7.38. The molecule has 8 nitrogen and oxygen atoms in total. The van der Waals surface area contributed by atoms with Crippen molar-refractivity contribution in [2.24, 2.45) is 11.1 Å². The molecule has 0 heterocycles. The minimum absolute atomic E-state index is 0.107. The Morgan fingerprint density at radius 2 is 1.89 bits per heavy atom. The van der Waals surface area contributed by atoms with Gasteiger partial charge >= 0.3 is 12.0 Å². The molecule has 0 saturated carbocycles. The maximum atomic E-state index is 11.4. The van der Waals surface area contributed by atoms with Crippen molar-refractivity contribution in [1.82, 2.24) is 10.6 Å². The number of primary sulfonamides is 1. The van der Waals surface area contributed by atoms with Crippen molar-refractivity contribution >= 4 is 22.0 Å². The number of urea groups is 1. The van der Waals surface area contributed by atoms with Crippen LogP contribution >= 0.6 is 0 Å². The van der Waals surface area contributed by atoms with Crippen molar-refractivity contribution in [3.05, 3.63) is 0 Å². The van der Waals surface area contributed by atoms with E-state index in [-0.39, 0.29) is 24.6 Å². The molecule has 0 fully saturated rings. The van der Waals surface area contributed by atoms with Gasteiger partial charge in [-0.05, 0) is 18.8 Å². The van der Waals surface area contributed by atoms with Crippen molar-refractivity contribution < 1.29 is 23.1 Å². The zero-order valence-electron chi connectivity index (χ0n) is 11.0. The minimum atomic E-state index is -3.54. The quantitative estimate of drug-likeness (QED) is 0.445. The number of amides is 2. The molecule has 0 unspecified atom stereocenters. The molecule has 0 aromatic rings. The Labute approximate surface area is 112 Å². The topological polar surface area (TPSA) is 139 Å². The van der Waals surface area contributed by atoms with Gasteiger partial charge in [0.05, 0.1) is 5.75 Å². The first-order chi connectivity index (χ1) is 8.61. The predicted molar refractivity (Wildman–Crippen MR) is 70.0 cm³/mol. The number of carbonyl (C=O) groups excluding carboxylic acids is 1. The summed E-state index contributed by atoms with van der Waals surface area (Å²) in [5, 5.41) is 18.4. The highest BCUT2D eigenvalue weighted by Crippen LogP contribution is 2.04. The van der Waals surface area contributed by atoms with Gasteiger partial charge in [0.25, 0.3) is 0 Å². The highest BCUT2D eigenvalue weighted by Gasteiger charge is 2.20. The second kappa shape index (κ2) is 7.95. The van der Waals surface area contributed by atoms with Gasteiger partial charge in [0.15, 0.2) is 0 Å². The van der Waals surface area contributed by atoms with Gasteiger partial charge in [-0.25, -0.2) is 23.1 Å². The first kappa shape index (κ1) is 17.6. The van der Waals surface area contributed by atoms with Crippen molar-refractivity contribution in [2.75, 3.05) is 12.3 Å². The van der Waals surface area contributed by atoms with E-state index in [4.69, 9.17) is 10.2 Å². The maximum absolute atomic E-state index is 11.4. The van der Waals surface area contributed by atoms with Gasteiger partial charge in [-0.1, -0.05) is 13.8 Å². The van der Waals surface area contributed by atoms with E-state index in [9.17, 15) is 18.0 Å². The van der Waals surface area contributed by atoms with Gasteiger partial charge in [-0.3, -0.25) is 0 Å². The number of hydrogen-bond donors (Lipinski definition) is 4. The van der Waals surface area contributed by atoms with Gasteiger partial charge < -0.3 is 15.7 Å². The molecule has 5 N–H and O–H groups in total. The fourth-order valence-corrected chi connectivity index (χ4v) is 1.92. The summed E-state index contributed by atoms with van der Waals surface area (Å²) in [6, 6.07) is -1.60. The molecule has 2 amide bonds. The van der Waals surface area contributed by atoms with E-state index in [1.165, 1.54) is 0 Å². The molecule has 1 atom stereocenters. The van der Waals surface area contributed by atoms with Crippen molar-refractivity contribution in [3.63, 3.8) is 0 Å². The average Bonchev–Trinajstić information content (AvgIpc) is 2.21. The zero-order chi connectivity index (χ0) is 15.1. The molecule has 0 aliphatic rings. The second-order valence-electron chi connectivity index (χ2n) is 4.64. The number of carboxylic acids is 1. The molecule has 9 heteroatoms. The van der Waals surface area contributed by atoms with Crippen LogP contribution in [0.5, 0.6) is 0 Å². The van der Waals surface area contributed by atoms with Crippen molar-refractivity contribution in [2.45, 2.75) is 32.7 Å². The first-order valence-electron chi connectivity index (χ1n) is 5.89. The Balaban J connectivity index is 4.04. The van der Waals surface area contributed by atoms with E-state index >= 15 is 0 Å². The Morgan fingerprint density at radius 1 is 1.32 bits per heavy atom. The maximum Gasteiger partial charge on any atom is 0.326 e. The van der Waals surface area contributed by atoms with Gasteiger partial charge in [0, 0.05) is 6.54 Å². The SMILES string of the molecule is CC(C)C[C@@H](NC(=O)NCCCS(N)(=O)=O)C(=O)O. The van der Waals surface area contributed by atoms with Crippen LogP contribution in [0.15, 0.2) is 0 Å². The first-order valence-corrected chi connectivity index (χ1v) is 7.61. The normalized spacial score (nSPS) is 13.1. The molecule has 0 bridgehead atoms. The summed E-state index contributed by atoms with van der Waals surface area (Å²) in [6.07, 6.45) is 0.494. The highest BCUT2D eigenvalue weighted by molar-refractivity contribution is 7.89. The number of carboxylic acid groups (broad SMARTS) is 1. The Hall–Kier alpha value is -1.35. The second-order valence-corrected chi connectivity index (χ2v) is 6.38. The fraction of sp³-hybridized carbons (Fsp3) is 0.800. The number of sulfonamides is 1. The summed E-state index contributed by atoms with van der Waals surface area (Å²) >= 11 is 0. The van der Waals surface area contributed by atoms with Crippen LogP contribution in [-0.4, -0.2) is 43.9 Å². The van der Waals surface area contributed by atoms with Crippen LogP contribution in [0.3, 0.4) is 0 Å². The van der Waals surface area contributed by atoms with Crippen LogP contribution in [0, 0.1) is 5.92 Å². The van der Waals surface area contributed by atoms with Gasteiger partial charge in [0.1, 0.15) is 6.04 Å². The van der Waals surface area contributed by atoms with E-state index in [0.29, 0.717) is 6.42 Å². The molecule has 0 saturated heterocycles. The van der Waals surface area contributed by atoms with E-state index < -0.39 is 28.1 Å². The Bertz CT molecular complexity index is 407. The summed E-state index contributed by atoms with van der Waals surface area (Å²) in [5.74, 6) is -1.21. The molecule has 0 aliphatic carbocycles. The minimum Gasteiger partial charge on any atom is -0.480 e. The number of rotatable bonds is 8. The molecule has 19 heavy (non-hydrogen) atoms. The van der Waals surface area contributed by atoms with Crippen LogP contribution in [0.25, 0.3) is 0 Å². The molecule has 0 aromatic carbocycles. The molecular weight excluding hydrogens is 274 g/mol. The third kappa shape index (κ3) is 10.3. The fourth-order valence-electron chi connectivity index (χ4n) is 1.38. The van der Waals surface area contributed by atoms with Gasteiger partial charge in [-0.15, -0.1) is 0 Å². The lowest BCUT2D eigenvalue weighted by Crippen LogP contribution is -2.47. The van der Waals surface area contributed by atoms with Crippen LogP contribution in [-0.2, 0) is 14.8 Å². The molecule has 112 valence electrons. The van der Waals surface area contributed by atoms with Crippen LogP contribution in [0.1, 0.15) is 26.7 Å². The largest absolute Gasteiger partial charge is 0.480 e. The highest BCUT2D eigenvalue weighted by atomic mass is 32.2. The van der Waals surface area contributed by atoms with Crippen LogP contribution in [0.4, 0.5) is 4.79 Å². The van der Waals surface area contributed by atoms with Crippen molar-refractivity contribution in [3.8, 4) is 0 Å². The summed E-state index contributed by atoms with van der Waals surface area (Å²) in [5.41, 5.74) is 0. The molecule has 0 spiro atoms. The van der Waals surface area contributed by atoms with E-state index in [2.05, 4.69) is 10.6 Å². The Morgan fingerprint density at radius 3 is 2.32 bits per heavy atom. The number of carbonyl (C=O) groups is 2. The van der Waals surface area contributed by atoms with Gasteiger partial charge in [-0.2, -0.15) is 0 Å².